The average molecular weight is 797 g/mol. The number of hydrogen-bond acceptors (Lipinski definition) is 12. The van der Waals surface area contributed by atoms with Gasteiger partial charge in [-0.25, -0.2) is 0 Å². The van der Waals surface area contributed by atoms with Crippen molar-refractivity contribution in [3.05, 3.63) is 112 Å². The van der Waals surface area contributed by atoms with Crippen molar-refractivity contribution in [3.8, 4) is 5.75 Å². The number of hydrogen-bond donors (Lipinski definition) is 8. The molecule has 3 heterocycles. The Kier molecular flexibility index (Phi) is 17.3. The zero-order chi connectivity index (χ0) is 42.7. The number of aromatic hydroxyl groups is 1. The fourth-order valence-corrected chi connectivity index (χ4v) is 7.12. The van der Waals surface area contributed by atoms with E-state index in [1.54, 1.807) is 81.5 Å². The number of aliphatic hydroxyl groups excluding tert-OH is 4. The largest absolute Gasteiger partial charge is 0.507 e. The van der Waals surface area contributed by atoms with Crippen LogP contribution in [0, 0.1) is 17.3 Å². The Morgan fingerprint density at radius 1 is 1.00 bits per heavy atom. The highest BCUT2D eigenvalue weighted by Gasteiger charge is 2.60. The van der Waals surface area contributed by atoms with Crippen LogP contribution in [0.3, 0.4) is 0 Å². The minimum absolute atomic E-state index is 0.0817. The molecule has 1 amide bonds. The third-order valence-corrected chi connectivity index (χ3v) is 10.7. The van der Waals surface area contributed by atoms with Crippen LogP contribution >= 0.6 is 0 Å². The Hall–Kier alpha value is -4.25. The Balaban J connectivity index is 1.60. The zero-order valence-electron chi connectivity index (χ0n) is 33.9. The van der Waals surface area contributed by atoms with Gasteiger partial charge in [0.2, 0.25) is 11.7 Å². The van der Waals surface area contributed by atoms with E-state index in [1.807, 2.05) is 26.8 Å². The van der Waals surface area contributed by atoms with E-state index in [-0.39, 0.29) is 24.1 Å². The summed E-state index contributed by atoms with van der Waals surface area (Å²) >= 11 is 0. The molecule has 0 bridgehead atoms. The molecule has 1 aromatic heterocycles. The van der Waals surface area contributed by atoms with Gasteiger partial charge in [-0.2, -0.15) is 0 Å². The van der Waals surface area contributed by atoms with Gasteiger partial charge in [0, 0.05) is 31.2 Å². The topological polar surface area (TPSA) is 228 Å². The summed E-state index contributed by atoms with van der Waals surface area (Å²) in [6.07, 6.45) is 12.8. The lowest BCUT2D eigenvalue weighted by Crippen LogP contribution is -2.69. The number of amides is 1. The normalized spacial score (nSPS) is 30.2. The Labute approximate surface area is 334 Å². The second-order valence-electron chi connectivity index (χ2n) is 15.0. The molecular weight excluding hydrogens is 736 g/mol. The number of ketones is 1. The van der Waals surface area contributed by atoms with Gasteiger partial charge in [0.25, 0.3) is 5.56 Å². The SMILES string of the molecule is C/C=C\C=C\C1OC(O)([C@H](CC)C(=O)NC/C=C/C=C(\C)[C@@H](OC)[C@@H](C)C2OC(/C=C/C=C/C=C(\C)C(=O)c3c(O)cc[nH]c3=O)C(O)C2O)C(O)C(O)C1(C)C. The molecule has 0 spiro atoms. The lowest BCUT2D eigenvalue weighted by Gasteiger charge is -2.53. The second kappa shape index (κ2) is 21.0. The summed E-state index contributed by atoms with van der Waals surface area (Å²) in [5.41, 5.74) is -1.02. The molecule has 1 aromatic rings. The van der Waals surface area contributed by atoms with Crippen LogP contribution in [-0.2, 0) is 19.0 Å². The molecule has 2 aliphatic heterocycles. The summed E-state index contributed by atoms with van der Waals surface area (Å²) in [5.74, 6) is -5.55. The first-order chi connectivity index (χ1) is 26.9. The first-order valence-electron chi connectivity index (χ1n) is 19.1. The van der Waals surface area contributed by atoms with Crippen LogP contribution < -0.4 is 10.9 Å². The third kappa shape index (κ3) is 11.0. The minimum atomic E-state index is -2.34. The summed E-state index contributed by atoms with van der Waals surface area (Å²) in [4.78, 5) is 40.2. The predicted molar refractivity (Wildman–Crippen MR) is 215 cm³/mol. The van der Waals surface area contributed by atoms with Crippen LogP contribution in [0.2, 0.25) is 0 Å². The number of Topliss-reactive ketones (excluding diaryl/α,β-unsaturated/α-hetero) is 1. The molecule has 2 aliphatic rings. The van der Waals surface area contributed by atoms with E-state index in [2.05, 4.69) is 10.3 Å². The second-order valence-corrected chi connectivity index (χ2v) is 15.0. The van der Waals surface area contributed by atoms with Gasteiger partial charge in [-0.1, -0.05) is 101 Å². The molecule has 8 unspecified atom stereocenters. The number of nitrogens with one attached hydrogen (secondary N) is 2. The van der Waals surface area contributed by atoms with Gasteiger partial charge in [0.1, 0.15) is 35.7 Å². The van der Waals surface area contributed by atoms with Gasteiger partial charge in [-0.3, -0.25) is 14.4 Å². The van der Waals surface area contributed by atoms with Gasteiger partial charge in [0.05, 0.1) is 30.3 Å². The molecule has 0 saturated carbocycles. The predicted octanol–water partition coefficient (Wildman–Crippen LogP) is 3.07. The van der Waals surface area contributed by atoms with Crippen molar-refractivity contribution in [1.29, 1.82) is 0 Å². The van der Waals surface area contributed by atoms with Gasteiger partial charge in [0.15, 0.2) is 5.78 Å². The molecule has 8 N–H and O–H groups in total. The van der Waals surface area contributed by atoms with E-state index in [4.69, 9.17) is 14.2 Å². The number of allylic oxidation sites excluding steroid dienone is 10. The molecule has 314 valence electrons. The maximum atomic E-state index is 13.3. The summed E-state index contributed by atoms with van der Waals surface area (Å²) in [7, 11) is 1.52. The molecular formula is C43H60N2O12. The highest BCUT2D eigenvalue weighted by molar-refractivity contribution is 6.09. The number of aliphatic hydroxyl groups is 5. The molecule has 0 radical (unpaired) electrons. The number of aromatic nitrogens is 1. The third-order valence-electron chi connectivity index (χ3n) is 10.7. The fraction of sp³-hybridized carbons (Fsp3) is 0.512. The van der Waals surface area contributed by atoms with Crippen molar-refractivity contribution in [3.63, 3.8) is 0 Å². The number of aromatic amines is 1. The molecule has 57 heavy (non-hydrogen) atoms. The maximum Gasteiger partial charge on any atom is 0.262 e. The summed E-state index contributed by atoms with van der Waals surface area (Å²) in [6.45, 7) is 12.2. The van der Waals surface area contributed by atoms with Crippen LogP contribution in [0.5, 0.6) is 5.75 Å². The molecule has 14 nitrogen and oxygen atoms in total. The number of pyridine rings is 1. The van der Waals surface area contributed by atoms with E-state index < -0.39 is 94.9 Å². The molecule has 0 aromatic carbocycles. The fourth-order valence-electron chi connectivity index (χ4n) is 7.12. The molecule has 14 heteroatoms. The number of carbonyl (C=O) groups is 2. The molecule has 2 fully saturated rings. The van der Waals surface area contributed by atoms with Gasteiger partial charge in [-0.05, 0) is 44.4 Å². The van der Waals surface area contributed by atoms with Gasteiger partial charge < -0.3 is 55.2 Å². The van der Waals surface area contributed by atoms with Gasteiger partial charge in [-0.15, -0.1) is 0 Å². The summed E-state index contributed by atoms with van der Waals surface area (Å²) < 4.78 is 17.8. The summed E-state index contributed by atoms with van der Waals surface area (Å²) in [5, 5.41) is 67.8. The van der Waals surface area contributed by atoms with E-state index in [9.17, 15) is 45.0 Å². The standard InChI is InChI=1S/C43H60N2O12/c1-9-11-13-21-31-42(6,7)38(50)39(51)43(54,57-31)28(10-2)40(52)44-23-17-16-19-26(4)36(55-8)27(5)37-35(49)34(48)30(56-37)20-15-12-14-18-25(3)33(47)32-29(46)22-24-45-41(32)53/h9,11-22,24,27-28,30-31,34-39,48-51,54H,10,23H2,1-8H3,(H,44,52)(H2,45,46,53)/b11-9-,14-12+,17-16+,20-15+,21-13+,25-18+,26-19+/t27-,28-,30?,31?,34?,35?,36-,37?,38?,39?,43?/m1/s1. The van der Waals surface area contributed by atoms with Crippen molar-refractivity contribution in [1.82, 2.24) is 10.3 Å². The summed E-state index contributed by atoms with van der Waals surface area (Å²) in [6, 6.07) is 1.22. The molecule has 11 atom stereocenters. The van der Waals surface area contributed by atoms with Crippen molar-refractivity contribution in [2.45, 2.75) is 110 Å². The average Bonchev–Trinajstić information content (AvgIpc) is 3.45. The maximum absolute atomic E-state index is 13.3. The number of rotatable bonds is 17. The van der Waals surface area contributed by atoms with Crippen LogP contribution in [-0.4, -0.2) is 116 Å². The van der Waals surface area contributed by atoms with Crippen molar-refractivity contribution >= 4 is 11.7 Å². The zero-order valence-corrected chi connectivity index (χ0v) is 33.9. The lowest BCUT2D eigenvalue weighted by atomic mass is 9.71. The molecule has 2 saturated heterocycles. The first kappa shape index (κ1) is 47.1. The van der Waals surface area contributed by atoms with Crippen molar-refractivity contribution in [2.24, 2.45) is 17.3 Å². The highest BCUT2D eigenvalue weighted by atomic mass is 16.7. The number of H-pyrrole nitrogens is 1. The van der Waals surface area contributed by atoms with Crippen LogP contribution in [0.1, 0.15) is 65.2 Å². The van der Waals surface area contributed by atoms with Crippen molar-refractivity contribution < 1.29 is 54.4 Å². The van der Waals surface area contributed by atoms with Crippen molar-refractivity contribution in [2.75, 3.05) is 13.7 Å². The Bertz CT molecular complexity index is 1810. The molecule has 0 aliphatic carbocycles. The quantitative estimate of drug-likeness (QED) is 0.0647. The van der Waals surface area contributed by atoms with Crippen LogP contribution in [0.4, 0.5) is 0 Å². The number of carbonyl (C=O) groups excluding carboxylic acids is 2. The van der Waals surface area contributed by atoms with Crippen LogP contribution in [0.15, 0.2) is 101 Å². The van der Waals surface area contributed by atoms with E-state index in [0.29, 0.717) is 0 Å². The van der Waals surface area contributed by atoms with E-state index in [0.717, 1.165) is 5.57 Å². The lowest BCUT2D eigenvalue weighted by molar-refractivity contribution is -0.359. The minimum Gasteiger partial charge on any atom is -0.507 e. The van der Waals surface area contributed by atoms with E-state index in [1.165, 1.54) is 32.4 Å². The number of methoxy groups -OCH3 is 1. The monoisotopic (exact) mass is 796 g/mol. The first-order valence-corrected chi connectivity index (χ1v) is 19.1. The molecule has 3 rings (SSSR count). The van der Waals surface area contributed by atoms with Crippen LogP contribution in [0.25, 0.3) is 0 Å². The van der Waals surface area contributed by atoms with E-state index >= 15 is 0 Å². The Morgan fingerprint density at radius 3 is 2.32 bits per heavy atom. The smallest absolute Gasteiger partial charge is 0.262 e. The van der Waals surface area contributed by atoms with Gasteiger partial charge >= 0.3 is 0 Å². The number of ether oxygens (including phenoxy) is 3. The Morgan fingerprint density at radius 2 is 1.68 bits per heavy atom. The highest BCUT2D eigenvalue weighted by Crippen LogP contribution is 2.44.